The van der Waals surface area contributed by atoms with Crippen molar-refractivity contribution in [1.82, 2.24) is 19.9 Å². The Morgan fingerprint density at radius 3 is 1.84 bits per heavy atom. The summed E-state index contributed by atoms with van der Waals surface area (Å²) in [5, 5.41) is 0. The number of rotatable bonds is 1. The average Bonchev–Trinajstić information content (AvgIpc) is 3.55. The van der Waals surface area contributed by atoms with E-state index in [4.69, 9.17) is 0 Å². The van der Waals surface area contributed by atoms with Crippen LogP contribution in [0, 0.1) is 0 Å². The molecule has 3 aliphatic heterocycles. The normalized spacial score (nSPS) is 14.8. The second-order valence-electron chi connectivity index (χ2n) is 7.37. The van der Waals surface area contributed by atoms with Gasteiger partial charge >= 0.3 is 0 Å². The van der Waals surface area contributed by atoms with Gasteiger partial charge in [0.2, 0.25) is 0 Å². The van der Waals surface area contributed by atoms with E-state index in [0.717, 1.165) is 32.8 Å². The van der Waals surface area contributed by atoms with Crippen LogP contribution < -0.4 is 4.90 Å². The summed E-state index contributed by atoms with van der Waals surface area (Å²) in [6.07, 6.45) is 10.1. The van der Waals surface area contributed by atoms with Crippen LogP contribution in [0.1, 0.15) is 22.8 Å². The Bertz CT molecular complexity index is 1520. The smallest absolute Gasteiger partial charge is 0.258 e. The average molecular weight is 405 g/mol. The zero-order valence-corrected chi connectivity index (χ0v) is 16.2. The topological polar surface area (TPSA) is 94.7 Å². The Hall–Kier alpha value is -4.52. The fourth-order valence-electron chi connectivity index (χ4n) is 3.85. The van der Waals surface area contributed by atoms with Crippen molar-refractivity contribution >= 4 is 63.9 Å². The van der Waals surface area contributed by atoms with Crippen molar-refractivity contribution in [1.29, 1.82) is 0 Å². The molecule has 148 valence electrons. The summed E-state index contributed by atoms with van der Waals surface area (Å²) in [6.45, 7) is 0. The number of imide groups is 1. The van der Waals surface area contributed by atoms with Crippen molar-refractivity contribution in [2.24, 2.45) is 0 Å². The largest absolute Gasteiger partial charge is 0.355 e. The molecule has 7 nitrogen and oxygen atoms in total. The molecule has 0 atom stereocenters. The lowest BCUT2D eigenvalue weighted by Gasteiger charge is -2.14. The Morgan fingerprint density at radius 1 is 0.613 bits per heavy atom. The zero-order chi connectivity index (χ0) is 20.9. The molecule has 2 amide bonds. The highest BCUT2D eigenvalue weighted by Gasteiger charge is 2.29. The van der Waals surface area contributed by atoms with E-state index in [0.29, 0.717) is 22.6 Å². The van der Waals surface area contributed by atoms with Crippen molar-refractivity contribution in [3.8, 4) is 0 Å². The fourth-order valence-corrected chi connectivity index (χ4v) is 3.85. The third-order valence-electron chi connectivity index (χ3n) is 5.23. The van der Waals surface area contributed by atoms with Crippen LogP contribution in [0.15, 0.2) is 54.6 Å². The molecule has 2 N–H and O–H groups in total. The predicted octanol–water partition coefficient (Wildman–Crippen LogP) is 4.09. The predicted molar refractivity (Wildman–Crippen MR) is 120 cm³/mol. The van der Waals surface area contributed by atoms with Crippen molar-refractivity contribution in [2.45, 2.75) is 0 Å². The van der Waals surface area contributed by atoms with E-state index in [9.17, 15) is 9.59 Å². The molecule has 0 saturated heterocycles. The number of aromatic amines is 2. The van der Waals surface area contributed by atoms with E-state index in [1.807, 2.05) is 66.8 Å². The number of hydrogen-bond donors (Lipinski definition) is 2. The van der Waals surface area contributed by atoms with Crippen LogP contribution in [-0.4, -0.2) is 31.8 Å². The molecule has 0 fully saturated rings. The molecule has 3 aromatic heterocycles. The van der Waals surface area contributed by atoms with E-state index in [-0.39, 0.29) is 0 Å². The third kappa shape index (κ3) is 3.00. The number of nitrogens with zero attached hydrogens (tertiary/aromatic N) is 3. The van der Waals surface area contributed by atoms with Crippen LogP contribution in [-0.2, 0) is 9.59 Å². The first kappa shape index (κ1) is 17.3. The Labute approximate surface area is 176 Å². The van der Waals surface area contributed by atoms with Gasteiger partial charge in [0.15, 0.2) is 0 Å². The van der Waals surface area contributed by atoms with Gasteiger partial charge in [-0.25, -0.2) is 14.9 Å². The number of fused-ring (bicyclic) bond motifs is 8. The van der Waals surface area contributed by atoms with Crippen LogP contribution >= 0.6 is 0 Å². The maximum absolute atomic E-state index is 12.5. The Kier molecular flexibility index (Phi) is 3.64. The summed E-state index contributed by atoms with van der Waals surface area (Å²) in [4.78, 5) is 42.0. The zero-order valence-electron chi connectivity index (χ0n) is 16.2. The van der Waals surface area contributed by atoms with Gasteiger partial charge in [-0.15, -0.1) is 0 Å². The molecule has 3 aliphatic rings. The van der Waals surface area contributed by atoms with Gasteiger partial charge in [0.1, 0.15) is 5.69 Å². The van der Waals surface area contributed by atoms with Crippen molar-refractivity contribution in [2.75, 3.05) is 4.90 Å². The minimum Gasteiger partial charge on any atom is -0.355 e. The summed E-state index contributed by atoms with van der Waals surface area (Å²) in [6, 6.07) is 13.5. The van der Waals surface area contributed by atoms with Gasteiger partial charge in [-0.05, 0) is 66.8 Å². The molecule has 0 aromatic carbocycles. The first-order chi connectivity index (χ1) is 15.1. The fraction of sp³-hybridized carbons (Fsp3) is 0. The SMILES string of the molecule is O=C1C=CC(=O)N1c1c2nc(cc3ccc(cc4nc(cc5ccc1[nH]5)C=C4)[nH]3)C=C2. The standard InChI is InChI=1S/C24H15N5O2/c30-22-9-10-23(31)29(22)24-20-7-5-18(27-20)12-16-3-1-14(25-16)11-15-2-4-17(26-15)13-19-6-8-21(24)28-19/h1-13,25,28H. The van der Waals surface area contributed by atoms with Gasteiger partial charge in [-0.3, -0.25) is 9.59 Å². The van der Waals surface area contributed by atoms with Gasteiger partial charge in [0.05, 0.1) is 28.3 Å². The third-order valence-corrected chi connectivity index (χ3v) is 5.23. The molecular formula is C24H15N5O2. The van der Waals surface area contributed by atoms with Crippen LogP contribution in [0.4, 0.5) is 5.69 Å². The lowest BCUT2D eigenvalue weighted by atomic mass is 10.2. The lowest BCUT2D eigenvalue weighted by Crippen LogP contribution is -2.30. The second kappa shape index (κ2) is 6.50. The summed E-state index contributed by atoms with van der Waals surface area (Å²) in [5.41, 5.74) is 6.56. The Balaban J connectivity index is 1.71. The van der Waals surface area contributed by atoms with Gasteiger partial charge in [-0.2, -0.15) is 0 Å². The quantitative estimate of drug-likeness (QED) is 0.411. The molecular weight excluding hydrogens is 390 g/mol. The molecule has 6 rings (SSSR count). The first-order valence-corrected chi connectivity index (χ1v) is 9.76. The highest BCUT2D eigenvalue weighted by molar-refractivity contribution is 6.30. The van der Waals surface area contributed by atoms with Gasteiger partial charge < -0.3 is 9.97 Å². The van der Waals surface area contributed by atoms with Crippen molar-refractivity contribution < 1.29 is 9.59 Å². The second-order valence-corrected chi connectivity index (χ2v) is 7.37. The van der Waals surface area contributed by atoms with E-state index in [1.54, 1.807) is 0 Å². The molecule has 8 bridgehead atoms. The molecule has 31 heavy (non-hydrogen) atoms. The number of anilines is 1. The number of H-pyrrole nitrogens is 2. The number of aromatic nitrogens is 4. The van der Waals surface area contributed by atoms with E-state index >= 15 is 0 Å². The minimum absolute atomic E-state index is 0.394. The van der Waals surface area contributed by atoms with Crippen LogP contribution in [0.25, 0.3) is 46.4 Å². The first-order valence-electron chi connectivity index (χ1n) is 9.76. The summed E-state index contributed by atoms with van der Waals surface area (Å²) >= 11 is 0. The maximum atomic E-state index is 12.5. The van der Waals surface area contributed by atoms with Crippen molar-refractivity contribution in [3.63, 3.8) is 0 Å². The summed E-state index contributed by atoms with van der Waals surface area (Å²) < 4.78 is 0. The van der Waals surface area contributed by atoms with E-state index in [1.165, 1.54) is 12.2 Å². The van der Waals surface area contributed by atoms with E-state index < -0.39 is 11.8 Å². The monoisotopic (exact) mass is 405 g/mol. The molecule has 0 unspecified atom stereocenters. The maximum Gasteiger partial charge on any atom is 0.258 e. The van der Waals surface area contributed by atoms with Gasteiger partial charge in [-0.1, -0.05) is 0 Å². The molecule has 6 heterocycles. The van der Waals surface area contributed by atoms with Gasteiger partial charge in [0.25, 0.3) is 11.8 Å². The number of nitrogens with one attached hydrogen (secondary N) is 2. The minimum atomic E-state index is -0.394. The summed E-state index contributed by atoms with van der Waals surface area (Å²) in [5.74, 6) is -0.787. The molecule has 0 radical (unpaired) electrons. The van der Waals surface area contributed by atoms with Crippen molar-refractivity contribution in [3.05, 3.63) is 77.4 Å². The molecule has 0 saturated carbocycles. The molecule has 0 aliphatic carbocycles. The highest BCUT2D eigenvalue weighted by atomic mass is 16.2. The van der Waals surface area contributed by atoms with Crippen LogP contribution in [0.5, 0.6) is 0 Å². The van der Waals surface area contributed by atoms with Crippen LogP contribution in [0.3, 0.4) is 0 Å². The molecule has 0 spiro atoms. The Morgan fingerprint density at radius 2 is 1.16 bits per heavy atom. The number of amides is 2. The van der Waals surface area contributed by atoms with Gasteiger partial charge in [0, 0.05) is 28.7 Å². The number of carbonyl (C=O) groups excluding carboxylic acids is 2. The van der Waals surface area contributed by atoms with E-state index in [2.05, 4.69) is 19.9 Å². The lowest BCUT2D eigenvalue weighted by molar-refractivity contribution is -0.119. The number of hydrogen-bond acceptors (Lipinski definition) is 4. The van der Waals surface area contributed by atoms with Crippen LogP contribution in [0.2, 0.25) is 0 Å². The molecule has 7 heteroatoms. The number of carbonyl (C=O) groups is 2. The highest BCUT2D eigenvalue weighted by Crippen LogP contribution is 2.30. The summed E-state index contributed by atoms with van der Waals surface area (Å²) in [7, 11) is 0. The molecule has 3 aromatic rings.